The average molecular weight is 434 g/mol. The van der Waals surface area contributed by atoms with Crippen molar-refractivity contribution >= 4 is 22.6 Å². The van der Waals surface area contributed by atoms with Crippen LogP contribution in [-0.4, -0.2) is 35.2 Å². The smallest absolute Gasteiger partial charge is 0.322 e. The van der Waals surface area contributed by atoms with E-state index >= 15 is 0 Å². The molecule has 2 aliphatic rings. The third-order valence-corrected chi connectivity index (χ3v) is 6.23. The number of H-pyrrole nitrogens is 1. The minimum atomic E-state index is -0.192. The van der Waals surface area contributed by atoms with E-state index in [4.69, 9.17) is 9.47 Å². The zero-order chi connectivity index (χ0) is 21.9. The second-order valence-electron chi connectivity index (χ2n) is 8.42. The molecule has 7 nitrogen and oxygen atoms in total. The van der Waals surface area contributed by atoms with E-state index in [0.717, 1.165) is 36.8 Å². The van der Waals surface area contributed by atoms with Gasteiger partial charge in [-0.2, -0.15) is 0 Å². The standard InChI is InChI=1S/C25H27N3O4/c29-24-18(13-17-14-22-23(15-21(17)27-24)32-12-11-31-22)16-28(20-9-5-2-6-10-20)25(30)26-19-7-3-1-4-8-19/h1,3-4,7-8,13-15,20H,2,5-6,9-12,16H2,(H,26,30)(H,27,29). The summed E-state index contributed by atoms with van der Waals surface area (Å²) in [4.78, 5) is 30.9. The maximum Gasteiger partial charge on any atom is 0.322 e. The number of hydrogen-bond acceptors (Lipinski definition) is 4. The number of hydrogen-bond donors (Lipinski definition) is 2. The number of benzene rings is 2. The van der Waals surface area contributed by atoms with Gasteiger partial charge in [-0.05, 0) is 37.1 Å². The quantitative estimate of drug-likeness (QED) is 0.627. The first-order valence-corrected chi connectivity index (χ1v) is 11.3. The second kappa shape index (κ2) is 8.94. The van der Waals surface area contributed by atoms with Crippen molar-refractivity contribution in [2.24, 2.45) is 0 Å². The minimum Gasteiger partial charge on any atom is -0.486 e. The Morgan fingerprint density at radius 2 is 1.72 bits per heavy atom. The van der Waals surface area contributed by atoms with Crippen LogP contribution in [0, 0.1) is 0 Å². The molecule has 0 unspecified atom stereocenters. The fraction of sp³-hybridized carbons (Fsp3) is 0.360. The topological polar surface area (TPSA) is 83.7 Å². The van der Waals surface area contributed by atoms with E-state index in [1.807, 2.05) is 47.4 Å². The number of para-hydroxylation sites is 1. The molecule has 5 rings (SSSR count). The summed E-state index contributed by atoms with van der Waals surface area (Å²) in [6.45, 7) is 1.25. The Kier molecular flexibility index (Phi) is 5.71. The Labute approximate surface area is 186 Å². The molecule has 1 aromatic heterocycles. The summed E-state index contributed by atoms with van der Waals surface area (Å²) in [5.74, 6) is 1.31. The third-order valence-electron chi connectivity index (χ3n) is 6.23. The lowest BCUT2D eigenvalue weighted by atomic mass is 9.94. The molecule has 0 bridgehead atoms. The van der Waals surface area contributed by atoms with Gasteiger partial charge in [-0.15, -0.1) is 0 Å². The number of carbonyl (C=O) groups excluding carboxylic acids is 1. The molecule has 32 heavy (non-hydrogen) atoms. The summed E-state index contributed by atoms with van der Waals surface area (Å²) in [5, 5.41) is 3.85. The van der Waals surface area contributed by atoms with Crippen molar-refractivity contribution in [3.8, 4) is 11.5 Å². The first kappa shape index (κ1) is 20.4. The molecule has 1 saturated carbocycles. The number of amides is 2. The summed E-state index contributed by atoms with van der Waals surface area (Å²) in [7, 11) is 0. The van der Waals surface area contributed by atoms with Gasteiger partial charge < -0.3 is 24.7 Å². The number of ether oxygens (including phenoxy) is 2. The van der Waals surface area contributed by atoms with E-state index in [0.29, 0.717) is 35.8 Å². The number of fused-ring (bicyclic) bond motifs is 2. The van der Waals surface area contributed by atoms with Crippen LogP contribution in [0.5, 0.6) is 11.5 Å². The summed E-state index contributed by atoms with van der Waals surface area (Å²) < 4.78 is 11.3. The fourth-order valence-electron chi connectivity index (χ4n) is 4.57. The monoisotopic (exact) mass is 433 g/mol. The normalized spacial score (nSPS) is 16.0. The molecule has 1 aliphatic carbocycles. The Bertz CT molecular complexity index is 1170. The minimum absolute atomic E-state index is 0.114. The van der Waals surface area contributed by atoms with Crippen LogP contribution >= 0.6 is 0 Å². The summed E-state index contributed by atoms with van der Waals surface area (Å²) in [6.07, 6.45) is 5.28. The maximum absolute atomic E-state index is 13.2. The van der Waals surface area contributed by atoms with Crippen molar-refractivity contribution in [1.29, 1.82) is 0 Å². The number of aromatic nitrogens is 1. The number of anilines is 1. The number of aromatic amines is 1. The highest BCUT2D eigenvalue weighted by molar-refractivity contribution is 5.89. The Morgan fingerprint density at radius 1 is 1.00 bits per heavy atom. The molecule has 2 amide bonds. The molecule has 1 fully saturated rings. The van der Waals surface area contributed by atoms with Gasteiger partial charge in [0.1, 0.15) is 13.2 Å². The molecule has 3 aromatic rings. The molecule has 166 valence electrons. The summed E-state index contributed by atoms with van der Waals surface area (Å²) in [6, 6.07) is 14.9. The molecule has 0 atom stereocenters. The van der Waals surface area contributed by atoms with Gasteiger partial charge in [0.25, 0.3) is 5.56 Å². The number of nitrogens with zero attached hydrogens (tertiary/aromatic N) is 1. The average Bonchev–Trinajstić information content (AvgIpc) is 2.82. The number of pyridine rings is 1. The van der Waals surface area contributed by atoms with Crippen LogP contribution in [0.25, 0.3) is 10.9 Å². The Hall–Kier alpha value is -3.48. The van der Waals surface area contributed by atoms with Crippen molar-refractivity contribution < 1.29 is 14.3 Å². The van der Waals surface area contributed by atoms with Crippen molar-refractivity contribution in [3.63, 3.8) is 0 Å². The van der Waals surface area contributed by atoms with Crippen molar-refractivity contribution in [1.82, 2.24) is 9.88 Å². The highest BCUT2D eigenvalue weighted by Gasteiger charge is 2.27. The Balaban J connectivity index is 1.46. The van der Waals surface area contributed by atoms with Crippen LogP contribution in [0.15, 0.2) is 53.3 Å². The summed E-state index contributed by atoms with van der Waals surface area (Å²) >= 11 is 0. The van der Waals surface area contributed by atoms with Gasteiger partial charge in [0.15, 0.2) is 11.5 Å². The van der Waals surface area contributed by atoms with Gasteiger partial charge in [0, 0.05) is 28.7 Å². The highest BCUT2D eigenvalue weighted by atomic mass is 16.6. The molecule has 2 heterocycles. The number of rotatable bonds is 4. The van der Waals surface area contributed by atoms with Gasteiger partial charge in [-0.25, -0.2) is 4.79 Å². The molecule has 7 heteroatoms. The van der Waals surface area contributed by atoms with E-state index in [1.165, 1.54) is 6.42 Å². The van der Waals surface area contributed by atoms with Gasteiger partial charge in [-0.1, -0.05) is 37.5 Å². The lowest BCUT2D eigenvalue weighted by Gasteiger charge is -2.34. The molecule has 0 radical (unpaired) electrons. The van der Waals surface area contributed by atoms with Crippen molar-refractivity contribution in [2.75, 3.05) is 18.5 Å². The molecular weight excluding hydrogens is 406 g/mol. The number of nitrogens with one attached hydrogen (secondary N) is 2. The van der Waals surface area contributed by atoms with Gasteiger partial charge >= 0.3 is 6.03 Å². The van der Waals surface area contributed by atoms with Crippen LogP contribution in [0.4, 0.5) is 10.5 Å². The SMILES string of the molecule is O=C(Nc1ccccc1)N(Cc1cc2cc3c(cc2[nH]c1=O)OCCO3)C1CCCCC1. The Morgan fingerprint density at radius 3 is 2.47 bits per heavy atom. The first-order valence-electron chi connectivity index (χ1n) is 11.3. The van der Waals surface area contributed by atoms with Gasteiger partial charge in [-0.3, -0.25) is 4.79 Å². The molecule has 1 aliphatic heterocycles. The van der Waals surface area contributed by atoms with E-state index in [-0.39, 0.29) is 24.2 Å². The number of urea groups is 1. The van der Waals surface area contributed by atoms with E-state index < -0.39 is 0 Å². The van der Waals surface area contributed by atoms with Crippen molar-refractivity contribution in [2.45, 2.75) is 44.7 Å². The van der Waals surface area contributed by atoms with Gasteiger partial charge in [0.05, 0.1) is 12.1 Å². The highest BCUT2D eigenvalue weighted by Crippen LogP contribution is 2.34. The number of carbonyl (C=O) groups is 1. The van der Waals surface area contributed by atoms with Crippen LogP contribution in [0.1, 0.15) is 37.7 Å². The maximum atomic E-state index is 13.2. The summed E-state index contributed by atoms with van der Waals surface area (Å²) in [5.41, 5.74) is 1.81. The fourth-order valence-corrected chi connectivity index (χ4v) is 4.57. The van der Waals surface area contributed by atoms with Crippen LogP contribution in [0.3, 0.4) is 0 Å². The van der Waals surface area contributed by atoms with E-state index in [2.05, 4.69) is 10.3 Å². The third kappa shape index (κ3) is 4.28. The molecule has 2 N–H and O–H groups in total. The molecular formula is C25H27N3O4. The lowest BCUT2D eigenvalue weighted by molar-refractivity contribution is 0.162. The van der Waals surface area contributed by atoms with Crippen molar-refractivity contribution in [3.05, 3.63) is 64.4 Å². The van der Waals surface area contributed by atoms with Crippen LogP contribution in [-0.2, 0) is 6.54 Å². The van der Waals surface area contributed by atoms with Crippen LogP contribution < -0.4 is 20.3 Å². The largest absolute Gasteiger partial charge is 0.486 e. The first-order chi connectivity index (χ1) is 15.7. The zero-order valence-corrected chi connectivity index (χ0v) is 17.9. The zero-order valence-electron chi connectivity index (χ0n) is 17.9. The molecule has 0 spiro atoms. The predicted octanol–water partition coefficient (Wildman–Crippen LogP) is 4.67. The second-order valence-corrected chi connectivity index (χ2v) is 8.42. The predicted molar refractivity (Wildman–Crippen MR) is 123 cm³/mol. The van der Waals surface area contributed by atoms with Gasteiger partial charge in [0.2, 0.25) is 0 Å². The van der Waals surface area contributed by atoms with Crippen LogP contribution in [0.2, 0.25) is 0 Å². The molecule has 2 aromatic carbocycles. The molecule has 0 saturated heterocycles. The van der Waals surface area contributed by atoms with E-state index in [1.54, 1.807) is 6.07 Å². The lowest BCUT2D eigenvalue weighted by Crippen LogP contribution is -2.44. The van der Waals surface area contributed by atoms with E-state index in [9.17, 15) is 9.59 Å².